The molecule has 0 aliphatic heterocycles. The number of rotatable bonds is 9. The van der Waals surface area contributed by atoms with Crippen molar-refractivity contribution in [1.29, 1.82) is 0 Å². The number of aryl methyl sites for hydroxylation is 1. The van der Waals surface area contributed by atoms with Crippen LogP contribution in [0, 0.1) is 6.92 Å². The first-order valence-electron chi connectivity index (χ1n) is 9.41. The summed E-state index contributed by atoms with van der Waals surface area (Å²) in [5.41, 5.74) is 4.88. The van der Waals surface area contributed by atoms with Crippen molar-refractivity contribution >= 4 is 23.7 Å². The Bertz CT molecular complexity index is 878. The second-order valence-corrected chi connectivity index (χ2v) is 6.73. The number of benzene rings is 2. The third-order valence-corrected chi connectivity index (χ3v) is 3.95. The zero-order chi connectivity index (χ0) is 21.2. The molecule has 7 heteroatoms. The van der Waals surface area contributed by atoms with Crippen LogP contribution in [0.3, 0.4) is 0 Å². The van der Waals surface area contributed by atoms with E-state index in [1.807, 2.05) is 51.1 Å². The third kappa shape index (κ3) is 7.29. The van der Waals surface area contributed by atoms with Gasteiger partial charge in [-0.3, -0.25) is 9.59 Å². The van der Waals surface area contributed by atoms with Crippen molar-refractivity contribution in [2.45, 2.75) is 39.7 Å². The van der Waals surface area contributed by atoms with Crippen LogP contribution in [0.25, 0.3) is 0 Å². The number of methoxy groups -OCH3 is 1. The van der Waals surface area contributed by atoms with Crippen LogP contribution in [0.5, 0.6) is 11.5 Å². The number of nitrogens with one attached hydrogen (secondary N) is 2. The first kappa shape index (κ1) is 21.9. The van der Waals surface area contributed by atoms with Gasteiger partial charge >= 0.3 is 0 Å². The van der Waals surface area contributed by atoms with Crippen molar-refractivity contribution in [3.8, 4) is 11.5 Å². The van der Waals surface area contributed by atoms with Crippen LogP contribution in [-0.4, -0.2) is 31.2 Å². The standard InChI is InChI=1S/C22H27N3O4/c1-15(2)29-19-10-9-17(13-20(19)28-4)14-23-25-22(27)12-11-21(26)24-18-8-6-5-7-16(18)3/h5-10,13-15H,11-12H2,1-4H3,(H,24,26)(H,25,27). The molecule has 0 aliphatic rings. The largest absolute Gasteiger partial charge is 0.493 e. The van der Waals surface area contributed by atoms with E-state index in [1.54, 1.807) is 19.2 Å². The molecule has 0 fully saturated rings. The summed E-state index contributed by atoms with van der Waals surface area (Å²) in [5.74, 6) is 0.669. The van der Waals surface area contributed by atoms with E-state index in [0.29, 0.717) is 11.5 Å². The Balaban J connectivity index is 1.82. The fraction of sp³-hybridized carbons (Fsp3) is 0.318. The van der Waals surface area contributed by atoms with Gasteiger partial charge in [0.05, 0.1) is 19.4 Å². The first-order chi connectivity index (χ1) is 13.9. The van der Waals surface area contributed by atoms with Gasteiger partial charge < -0.3 is 14.8 Å². The van der Waals surface area contributed by atoms with Gasteiger partial charge in [-0.05, 0) is 56.2 Å². The van der Waals surface area contributed by atoms with E-state index in [9.17, 15) is 9.59 Å². The maximum Gasteiger partial charge on any atom is 0.240 e. The zero-order valence-corrected chi connectivity index (χ0v) is 17.2. The van der Waals surface area contributed by atoms with Gasteiger partial charge in [0.15, 0.2) is 11.5 Å². The van der Waals surface area contributed by atoms with E-state index >= 15 is 0 Å². The maximum atomic E-state index is 12.0. The predicted molar refractivity (Wildman–Crippen MR) is 114 cm³/mol. The molecule has 154 valence electrons. The molecule has 0 unspecified atom stereocenters. The zero-order valence-electron chi connectivity index (χ0n) is 17.2. The second kappa shape index (κ2) is 10.8. The average molecular weight is 397 g/mol. The summed E-state index contributed by atoms with van der Waals surface area (Å²) in [6.07, 6.45) is 1.66. The second-order valence-electron chi connectivity index (χ2n) is 6.73. The number of nitrogens with zero attached hydrogens (tertiary/aromatic N) is 1. The normalized spacial score (nSPS) is 10.8. The average Bonchev–Trinajstić information content (AvgIpc) is 2.69. The summed E-state index contributed by atoms with van der Waals surface area (Å²) >= 11 is 0. The SMILES string of the molecule is COc1cc(C=NNC(=O)CCC(=O)Nc2ccccc2C)ccc1OC(C)C. The van der Waals surface area contributed by atoms with E-state index in [0.717, 1.165) is 16.8 Å². The van der Waals surface area contributed by atoms with Gasteiger partial charge in [-0.1, -0.05) is 18.2 Å². The lowest BCUT2D eigenvalue weighted by molar-refractivity contribution is -0.124. The Hall–Kier alpha value is -3.35. The molecule has 0 saturated carbocycles. The minimum atomic E-state index is -0.340. The van der Waals surface area contributed by atoms with Crippen molar-refractivity contribution in [1.82, 2.24) is 5.43 Å². The Labute approximate surface area is 171 Å². The van der Waals surface area contributed by atoms with Gasteiger partial charge in [0.25, 0.3) is 0 Å². The molecular formula is C22H27N3O4. The molecule has 0 aromatic heterocycles. The van der Waals surface area contributed by atoms with E-state index in [2.05, 4.69) is 15.8 Å². The Kier molecular flexibility index (Phi) is 8.21. The number of carbonyl (C=O) groups excluding carboxylic acids is 2. The van der Waals surface area contributed by atoms with Crippen molar-refractivity contribution in [2.75, 3.05) is 12.4 Å². The number of hydrazone groups is 1. The van der Waals surface area contributed by atoms with Crippen LogP contribution in [0.1, 0.15) is 37.8 Å². The minimum absolute atomic E-state index is 0.0331. The molecule has 0 atom stereocenters. The van der Waals surface area contributed by atoms with E-state index < -0.39 is 0 Å². The summed E-state index contributed by atoms with van der Waals surface area (Å²) in [6.45, 7) is 5.78. The molecule has 29 heavy (non-hydrogen) atoms. The van der Waals surface area contributed by atoms with Gasteiger partial charge in [0, 0.05) is 18.5 Å². The van der Waals surface area contributed by atoms with Crippen molar-refractivity contribution in [3.63, 3.8) is 0 Å². The van der Waals surface area contributed by atoms with E-state index in [-0.39, 0.29) is 30.8 Å². The smallest absolute Gasteiger partial charge is 0.240 e. The lowest BCUT2D eigenvalue weighted by atomic mass is 10.2. The van der Waals surface area contributed by atoms with Gasteiger partial charge in [0.1, 0.15) is 0 Å². The molecule has 2 rings (SSSR count). The van der Waals surface area contributed by atoms with Crippen molar-refractivity contribution in [2.24, 2.45) is 5.10 Å². The van der Waals surface area contributed by atoms with Crippen LogP contribution in [0.4, 0.5) is 5.69 Å². The lowest BCUT2D eigenvalue weighted by Crippen LogP contribution is -2.20. The molecule has 0 bridgehead atoms. The van der Waals surface area contributed by atoms with Crippen LogP contribution < -0.4 is 20.2 Å². The first-order valence-corrected chi connectivity index (χ1v) is 9.41. The Morgan fingerprint density at radius 2 is 1.79 bits per heavy atom. The summed E-state index contributed by atoms with van der Waals surface area (Å²) in [7, 11) is 1.56. The van der Waals surface area contributed by atoms with Crippen LogP contribution >= 0.6 is 0 Å². The summed E-state index contributed by atoms with van der Waals surface area (Å²) in [6, 6.07) is 12.8. The lowest BCUT2D eigenvalue weighted by Gasteiger charge is -2.13. The molecule has 2 aromatic carbocycles. The van der Waals surface area contributed by atoms with Gasteiger partial charge in [0.2, 0.25) is 11.8 Å². The molecule has 2 amide bonds. The number of hydrogen-bond acceptors (Lipinski definition) is 5. The number of hydrogen-bond donors (Lipinski definition) is 2. The van der Waals surface area contributed by atoms with E-state index in [1.165, 1.54) is 6.21 Å². The highest BCUT2D eigenvalue weighted by Gasteiger charge is 2.09. The number of para-hydroxylation sites is 1. The number of amides is 2. The molecule has 0 radical (unpaired) electrons. The number of anilines is 1. The topological polar surface area (TPSA) is 89.0 Å². The number of ether oxygens (including phenoxy) is 2. The quantitative estimate of drug-likeness (QED) is 0.499. The minimum Gasteiger partial charge on any atom is -0.493 e. The maximum absolute atomic E-state index is 12.0. The highest BCUT2D eigenvalue weighted by Crippen LogP contribution is 2.28. The molecule has 0 spiro atoms. The van der Waals surface area contributed by atoms with Crippen LogP contribution in [-0.2, 0) is 9.59 Å². The Morgan fingerprint density at radius 1 is 1.07 bits per heavy atom. The molecular weight excluding hydrogens is 370 g/mol. The molecule has 2 aromatic rings. The summed E-state index contributed by atoms with van der Waals surface area (Å²) in [5, 5.41) is 6.73. The van der Waals surface area contributed by atoms with Gasteiger partial charge in [-0.2, -0.15) is 5.10 Å². The van der Waals surface area contributed by atoms with Gasteiger partial charge in [-0.15, -0.1) is 0 Å². The van der Waals surface area contributed by atoms with Gasteiger partial charge in [-0.25, -0.2) is 5.43 Å². The van der Waals surface area contributed by atoms with Crippen molar-refractivity contribution in [3.05, 3.63) is 53.6 Å². The Morgan fingerprint density at radius 3 is 2.48 bits per heavy atom. The monoisotopic (exact) mass is 397 g/mol. The summed E-state index contributed by atoms with van der Waals surface area (Å²) < 4.78 is 11.0. The predicted octanol–water partition coefficient (Wildman–Crippen LogP) is 3.66. The molecule has 0 saturated heterocycles. The third-order valence-electron chi connectivity index (χ3n) is 3.95. The fourth-order valence-electron chi connectivity index (χ4n) is 2.50. The summed E-state index contributed by atoms with van der Waals surface area (Å²) in [4.78, 5) is 23.9. The molecule has 0 aliphatic carbocycles. The van der Waals surface area contributed by atoms with Crippen LogP contribution in [0.15, 0.2) is 47.6 Å². The van der Waals surface area contributed by atoms with Crippen molar-refractivity contribution < 1.29 is 19.1 Å². The highest BCUT2D eigenvalue weighted by atomic mass is 16.5. The van der Waals surface area contributed by atoms with E-state index in [4.69, 9.17) is 9.47 Å². The highest BCUT2D eigenvalue weighted by molar-refractivity contribution is 5.94. The molecule has 7 nitrogen and oxygen atoms in total. The molecule has 0 heterocycles. The fourth-order valence-corrected chi connectivity index (χ4v) is 2.50. The molecule has 2 N–H and O–H groups in total. The number of carbonyl (C=O) groups is 2. The van der Waals surface area contributed by atoms with Crippen LogP contribution in [0.2, 0.25) is 0 Å².